The van der Waals surface area contributed by atoms with E-state index in [1.807, 2.05) is 0 Å². The highest BCUT2D eigenvalue weighted by atomic mass is 19.4. The molecule has 1 fully saturated rings. The van der Waals surface area contributed by atoms with Gasteiger partial charge in [0.15, 0.2) is 0 Å². The van der Waals surface area contributed by atoms with Crippen LogP contribution in [0.15, 0.2) is 24.3 Å². The Morgan fingerprint density at radius 1 is 0.634 bits per heavy atom. The van der Waals surface area contributed by atoms with E-state index < -0.39 is 73.1 Å². The fourth-order valence-corrected chi connectivity index (χ4v) is 4.59. The smallest absolute Gasteiger partial charge is 0.376 e. The molecule has 0 N–H and O–H groups in total. The molecule has 238 valence electrons. The van der Waals surface area contributed by atoms with E-state index in [1.165, 1.54) is 13.8 Å². The Balaban J connectivity index is 2.49. The number of alkyl halides is 12. The number of hydrogen-bond acceptors (Lipinski definition) is 4. The van der Waals surface area contributed by atoms with Crippen LogP contribution in [0.25, 0.3) is 0 Å². The van der Waals surface area contributed by atoms with Gasteiger partial charge in [0.1, 0.15) is 6.79 Å². The van der Waals surface area contributed by atoms with Crippen molar-refractivity contribution in [2.45, 2.75) is 88.0 Å². The van der Waals surface area contributed by atoms with Crippen molar-refractivity contribution in [3.8, 4) is 0 Å². The highest BCUT2D eigenvalue weighted by Gasteiger charge is 2.75. The lowest BCUT2D eigenvalue weighted by Gasteiger charge is -2.39. The molecular formula is C25H30F12O4. The molecule has 0 unspecified atom stereocenters. The van der Waals surface area contributed by atoms with E-state index in [0.717, 1.165) is 19.3 Å². The molecule has 41 heavy (non-hydrogen) atoms. The zero-order chi connectivity index (χ0) is 31.3. The van der Waals surface area contributed by atoms with E-state index >= 15 is 0 Å². The molecule has 1 aromatic rings. The first kappa shape index (κ1) is 35.4. The summed E-state index contributed by atoms with van der Waals surface area (Å²) in [5.74, 6) is -0.110. The van der Waals surface area contributed by atoms with Crippen molar-refractivity contribution in [2.24, 2.45) is 5.92 Å². The number of rotatable bonds is 12. The third-order valence-corrected chi connectivity index (χ3v) is 6.58. The standard InChI is InChI=1S/C25H30F12O4/c1-16(2)39-12-13-40-20(22(26,27)28,23(29,30)31)18-8-10-19(11-9-18)21(24(32,33)34,25(35,36)37)41-15-38-14-17-6-4-3-5-7-17/h8-11,16-17H,3-7,12-15H2,1-2H3. The molecule has 1 aliphatic carbocycles. The number of hydrogen-bond donors (Lipinski definition) is 0. The Kier molecular flexibility index (Phi) is 11.4. The summed E-state index contributed by atoms with van der Waals surface area (Å²) in [5, 5.41) is 0. The van der Waals surface area contributed by atoms with Crippen LogP contribution in [0.2, 0.25) is 0 Å². The predicted octanol–water partition coefficient (Wildman–Crippen LogP) is 8.34. The summed E-state index contributed by atoms with van der Waals surface area (Å²) < 4.78 is 186. The second-order valence-corrected chi connectivity index (χ2v) is 9.84. The predicted molar refractivity (Wildman–Crippen MR) is 120 cm³/mol. The molecule has 16 heteroatoms. The summed E-state index contributed by atoms with van der Waals surface area (Å²) in [6.45, 7) is -0.779. The maximum Gasteiger partial charge on any atom is 0.430 e. The summed E-state index contributed by atoms with van der Waals surface area (Å²) in [6.07, 6.45) is -21.7. The highest BCUT2D eigenvalue weighted by molar-refractivity contribution is 5.35. The van der Waals surface area contributed by atoms with E-state index in [-0.39, 0.29) is 36.8 Å². The van der Waals surface area contributed by atoms with E-state index in [0.29, 0.717) is 12.8 Å². The van der Waals surface area contributed by atoms with Gasteiger partial charge in [0.25, 0.3) is 11.2 Å². The van der Waals surface area contributed by atoms with Crippen LogP contribution in [-0.2, 0) is 30.1 Å². The highest BCUT2D eigenvalue weighted by Crippen LogP contribution is 2.55. The molecule has 0 aromatic heterocycles. The van der Waals surface area contributed by atoms with Crippen LogP contribution in [-0.4, -0.2) is 57.4 Å². The average Bonchev–Trinajstić information content (AvgIpc) is 2.81. The lowest BCUT2D eigenvalue weighted by molar-refractivity contribution is -0.402. The molecule has 0 radical (unpaired) electrons. The first-order valence-electron chi connectivity index (χ1n) is 12.6. The van der Waals surface area contributed by atoms with Gasteiger partial charge in [0.2, 0.25) is 0 Å². The zero-order valence-electron chi connectivity index (χ0n) is 22.0. The topological polar surface area (TPSA) is 36.9 Å². The van der Waals surface area contributed by atoms with Gasteiger partial charge in [-0.15, -0.1) is 0 Å². The summed E-state index contributed by atoms with van der Waals surface area (Å²) in [5.41, 5.74) is -13.8. The van der Waals surface area contributed by atoms with Crippen molar-refractivity contribution < 1.29 is 71.6 Å². The van der Waals surface area contributed by atoms with Crippen molar-refractivity contribution in [1.29, 1.82) is 0 Å². The largest absolute Gasteiger partial charge is 0.430 e. The molecule has 1 aliphatic rings. The minimum atomic E-state index is -6.24. The molecule has 0 amide bonds. The summed E-state index contributed by atoms with van der Waals surface area (Å²) >= 11 is 0. The van der Waals surface area contributed by atoms with Crippen LogP contribution in [0.3, 0.4) is 0 Å². The van der Waals surface area contributed by atoms with Gasteiger partial charge in [-0.05, 0) is 32.6 Å². The van der Waals surface area contributed by atoms with Gasteiger partial charge >= 0.3 is 24.7 Å². The van der Waals surface area contributed by atoms with Gasteiger partial charge in [0.05, 0.1) is 25.9 Å². The quantitative estimate of drug-likeness (QED) is 0.134. The number of benzene rings is 1. The van der Waals surface area contributed by atoms with Crippen molar-refractivity contribution in [3.05, 3.63) is 35.4 Å². The SMILES string of the molecule is CC(C)OCCOC(c1ccc(C(OCOCC2CCCCC2)(C(F)(F)F)C(F)(F)F)cc1)(C(F)(F)F)C(F)(F)F. The van der Waals surface area contributed by atoms with E-state index in [1.54, 1.807) is 0 Å². The number of halogens is 12. The van der Waals surface area contributed by atoms with Crippen molar-refractivity contribution >= 4 is 0 Å². The van der Waals surface area contributed by atoms with Crippen molar-refractivity contribution in [2.75, 3.05) is 26.6 Å². The fraction of sp³-hybridized carbons (Fsp3) is 0.760. The molecule has 0 spiro atoms. The van der Waals surface area contributed by atoms with Gasteiger partial charge in [-0.1, -0.05) is 43.5 Å². The third kappa shape index (κ3) is 7.79. The van der Waals surface area contributed by atoms with E-state index in [4.69, 9.17) is 9.47 Å². The Morgan fingerprint density at radius 3 is 1.44 bits per heavy atom. The van der Waals surface area contributed by atoms with Crippen molar-refractivity contribution in [3.63, 3.8) is 0 Å². The maximum atomic E-state index is 14.0. The monoisotopic (exact) mass is 622 g/mol. The van der Waals surface area contributed by atoms with Crippen molar-refractivity contribution in [1.82, 2.24) is 0 Å². The lowest BCUT2D eigenvalue weighted by atomic mass is 9.86. The third-order valence-electron chi connectivity index (χ3n) is 6.58. The molecule has 2 rings (SSSR count). The Hall–Kier alpha value is -1.78. The molecule has 0 saturated heterocycles. The minimum Gasteiger partial charge on any atom is -0.376 e. The Labute approximate surface area is 228 Å². The second-order valence-electron chi connectivity index (χ2n) is 9.84. The Morgan fingerprint density at radius 2 is 1.05 bits per heavy atom. The van der Waals surface area contributed by atoms with Crippen LogP contribution in [0.1, 0.15) is 57.1 Å². The normalized spacial score (nSPS) is 17.0. The van der Waals surface area contributed by atoms with E-state index in [9.17, 15) is 52.7 Å². The average molecular weight is 622 g/mol. The van der Waals surface area contributed by atoms with Crippen LogP contribution < -0.4 is 0 Å². The van der Waals surface area contributed by atoms with Crippen LogP contribution in [0.5, 0.6) is 0 Å². The van der Waals surface area contributed by atoms with Gasteiger partial charge < -0.3 is 18.9 Å². The van der Waals surface area contributed by atoms with E-state index in [2.05, 4.69) is 9.47 Å². The van der Waals surface area contributed by atoms with Gasteiger partial charge in [-0.3, -0.25) is 0 Å². The first-order valence-corrected chi connectivity index (χ1v) is 12.6. The van der Waals surface area contributed by atoms with Crippen LogP contribution in [0, 0.1) is 5.92 Å². The molecule has 0 bridgehead atoms. The molecule has 1 saturated carbocycles. The molecule has 0 aliphatic heterocycles. The van der Waals surface area contributed by atoms with Gasteiger partial charge in [-0.25, -0.2) is 0 Å². The summed E-state index contributed by atoms with van der Waals surface area (Å²) in [6, 6.07) is -0.620. The minimum absolute atomic E-state index is 0.110. The van der Waals surface area contributed by atoms with Crippen LogP contribution in [0.4, 0.5) is 52.7 Å². The lowest BCUT2D eigenvalue weighted by Crippen LogP contribution is -2.57. The zero-order valence-corrected chi connectivity index (χ0v) is 22.0. The number of ether oxygens (including phenoxy) is 4. The summed E-state index contributed by atoms with van der Waals surface area (Å²) in [7, 11) is 0. The first-order chi connectivity index (χ1) is 18.7. The van der Waals surface area contributed by atoms with Gasteiger partial charge in [-0.2, -0.15) is 52.7 Å². The molecule has 0 atom stereocenters. The molecular weight excluding hydrogens is 592 g/mol. The molecule has 1 aromatic carbocycles. The summed E-state index contributed by atoms with van der Waals surface area (Å²) in [4.78, 5) is 0. The van der Waals surface area contributed by atoms with Gasteiger partial charge in [0, 0.05) is 11.1 Å². The van der Waals surface area contributed by atoms with Crippen LogP contribution >= 0.6 is 0 Å². The second kappa shape index (κ2) is 13.2. The molecule has 0 heterocycles. The molecule has 4 nitrogen and oxygen atoms in total. The maximum absolute atomic E-state index is 14.0. The fourth-order valence-electron chi connectivity index (χ4n) is 4.59. The Bertz CT molecular complexity index is 902.